The maximum atomic E-state index is 3.59. The molecule has 0 aromatic heterocycles. The molecule has 3 heteroatoms. The molecule has 3 nitrogen and oxygen atoms in total. The second-order valence-electron chi connectivity index (χ2n) is 7.29. The molecular weight excluding hydrogens is 246 g/mol. The Balaban J connectivity index is 1.85. The maximum Gasteiger partial charge on any atom is 0.0229 e. The van der Waals surface area contributed by atoms with Gasteiger partial charge in [0.05, 0.1) is 0 Å². The molecule has 1 saturated heterocycles. The third kappa shape index (κ3) is 4.19. The molecule has 2 fully saturated rings. The van der Waals surface area contributed by atoms with Crippen LogP contribution < -0.4 is 5.32 Å². The van der Waals surface area contributed by atoms with Gasteiger partial charge in [-0.25, -0.2) is 0 Å². The van der Waals surface area contributed by atoms with Crippen LogP contribution in [-0.2, 0) is 0 Å². The molecule has 1 aliphatic carbocycles. The van der Waals surface area contributed by atoms with E-state index in [0.29, 0.717) is 0 Å². The van der Waals surface area contributed by atoms with Crippen LogP contribution >= 0.6 is 0 Å². The van der Waals surface area contributed by atoms with Gasteiger partial charge >= 0.3 is 0 Å². The second-order valence-corrected chi connectivity index (χ2v) is 7.29. The molecule has 0 aromatic carbocycles. The highest BCUT2D eigenvalue weighted by atomic mass is 15.2. The number of likely N-dealkylation sites (tertiary alicyclic amines) is 1. The van der Waals surface area contributed by atoms with E-state index in [9.17, 15) is 0 Å². The topological polar surface area (TPSA) is 18.5 Å². The summed E-state index contributed by atoms with van der Waals surface area (Å²) in [6.07, 6.45) is 8.42. The predicted molar refractivity (Wildman–Crippen MR) is 87.1 cm³/mol. The first-order chi connectivity index (χ1) is 9.63. The summed E-state index contributed by atoms with van der Waals surface area (Å²) < 4.78 is 0. The lowest BCUT2D eigenvalue weighted by molar-refractivity contribution is 0.148. The number of hydrogen-bond acceptors (Lipinski definition) is 3. The van der Waals surface area contributed by atoms with Gasteiger partial charge < -0.3 is 15.1 Å². The van der Waals surface area contributed by atoms with Crippen molar-refractivity contribution >= 4 is 0 Å². The summed E-state index contributed by atoms with van der Waals surface area (Å²) in [4.78, 5) is 5.12. The van der Waals surface area contributed by atoms with Gasteiger partial charge in [-0.1, -0.05) is 19.8 Å². The molecule has 20 heavy (non-hydrogen) atoms. The molecule has 0 radical (unpaired) electrons. The van der Waals surface area contributed by atoms with E-state index in [0.717, 1.165) is 23.9 Å². The number of hydrogen-bond donors (Lipinski definition) is 1. The number of nitrogens with one attached hydrogen (secondary N) is 1. The Morgan fingerprint density at radius 3 is 2.60 bits per heavy atom. The van der Waals surface area contributed by atoms with Crippen molar-refractivity contribution in [3.8, 4) is 0 Å². The van der Waals surface area contributed by atoms with Gasteiger partial charge in [-0.3, -0.25) is 0 Å². The molecule has 1 saturated carbocycles. The zero-order valence-electron chi connectivity index (χ0n) is 14.1. The standard InChI is InChI=1S/C17H35N3/c1-5-6-14-7-8-17(18-2)15(11-14)12-20-10-9-16(13-20)19(3)4/h14-18H,5-13H2,1-4H3. The third-order valence-corrected chi connectivity index (χ3v) is 5.63. The van der Waals surface area contributed by atoms with Crippen LogP contribution in [0.2, 0.25) is 0 Å². The summed E-state index contributed by atoms with van der Waals surface area (Å²) in [5, 5.41) is 3.59. The minimum atomic E-state index is 0.751. The Labute approximate surface area is 126 Å². The first-order valence-corrected chi connectivity index (χ1v) is 8.70. The van der Waals surface area contributed by atoms with Crippen molar-refractivity contribution in [3.05, 3.63) is 0 Å². The molecule has 0 bridgehead atoms. The van der Waals surface area contributed by atoms with Crippen molar-refractivity contribution in [2.45, 2.75) is 57.5 Å². The molecule has 1 heterocycles. The summed E-state index contributed by atoms with van der Waals surface area (Å²) in [5.41, 5.74) is 0. The first-order valence-electron chi connectivity index (χ1n) is 8.70. The van der Waals surface area contributed by atoms with Gasteiger partial charge in [0.1, 0.15) is 0 Å². The van der Waals surface area contributed by atoms with Gasteiger partial charge in [0.2, 0.25) is 0 Å². The summed E-state index contributed by atoms with van der Waals surface area (Å²) in [7, 11) is 6.61. The van der Waals surface area contributed by atoms with Crippen LogP contribution in [0.25, 0.3) is 0 Å². The highest BCUT2D eigenvalue weighted by Crippen LogP contribution is 2.33. The average Bonchev–Trinajstić information content (AvgIpc) is 2.88. The summed E-state index contributed by atoms with van der Waals surface area (Å²) in [6.45, 7) is 6.23. The van der Waals surface area contributed by atoms with Crippen molar-refractivity contribution < 1.29 is 0 Å². The third-order valence-electron chi connectivity index (χ3n) is 5.63. The van der Waals surface area contributed by atoms with Gasteiger partial charge in [0.15, 0.2) is 0 Å². The summed E-state index contributed by atoms with van der Waals surface area (Å²) in [6, 6.07) is 1.53. The number of nitrogens with zero attached hydrogens (tertiary/aromatic N) is 2. The largest absolute Gasteiger partial charge is 0.317 e. The van der Waals surface area contributed by atoms with E-state index in [-0.39, 0.29) is 0 Å². The van der Waals surface area contributed by atoms with E-state index in [1.807, 2.05) is 0 Å². The predicted octanol–water partition coefficient (Wildman–Crippen LogP) is 2.43. The fourth-order valence-corrected chi connectivity index (χ4v) is 4.34. The molecule has 2 rings (SSSR count). The van der Waals surface area contributed by atoms with Crippen LogP contribution in [0.15, 0.2) is 0 Å². The van der Waals surface area contributed by atoms with Crippen LogP contribution in [0.3, 0.4) is 0 Å². The van der Waals surface area contributed by atoms with Gasteiger partial charge in [-0.05, 0) is 65.2 Å². The fraction of sp³-hybridized carbons (Fsp3) is 1.00. The second kappa shape index (κ2) is 7.77. The van der Waals surface area contributed by atoms with E-state index in [2.05, 4.69) is 43.2 Å². The monoisotopic (exact) mass is 281 g/mol. The molecule has 1 aliphatic heterocycles. The smallest absolute Gasteiger partial charge is 0.0229 e. The summed E-state index contributed by atoms with van der Waals surface area (Å²) in [5.74, 6) is 1.85. The Hall–Kier alpha value is -0.120. The van der Waals surface area contributed by atoms with Crippen molar-refractivity contribution in [1.29, 1.82) is 0 Å². The lowest BCUT2D eigenvalue weighted by Crippen LogP contribution is -2.44. The lowest BCUT2D eigenvalue weighted by Gasteiger charge is -2.38. The number of likely N-dealkylation sites (N-methyl/N-ethyl adjacent to an activating group) is 1. The van der Waals surface area contributed by atoms with Crippen molar-refractivity contribution in [2.75, 3.05) is 40.8 Å². The summed E-state index contributed by atoms with van der Waals surface area (Å²) >= 11 is 0. The van der Waals surface area contributed by atoms with Crippen LogP contribution in [0.4, 0.5) is 0 Å². The van der Waals surface area contributed by atoms with Gasteiger partial charge in [-0.2, -0.15) is 0 Å². The van der Waals surface area contributed by atoms with Crippen LogP contribution in [0.5, 0.6) is 0 Å². The van der Waals surface area contributed by atoms with Crippen molar-refractivity contribution in [3.63, 3.8) is 0 Å². The van der Waals surface area contributed by atoms with E-state index in [1.54, 1.807) is 0 Å². The zero-order chi connectivity index (χ0) is 14.5. The SMILES string of the molecule is CCCC1CCC(NC)C(CN2CCC(N(C)C)C2)C1. The Morgan fingerprint density at radius 2 is 2.00 bits per heavy atom. The van der Waals surface area contributed by atoms with Gasteiger partial charge in [0.25, 0.3) is 0 Å². The van der Waals surface area contributed by atoms with E-state index < -0.39 is 0 Å². The molecule has 118 valence electrons. The minimum absolute atomic E-state index is 0.751. The highest BCUT2D eigenvalue weighted by Gasteiger charge is 2.32. The van der Waals surface area contributed by atoms with E-state index >= 15 is 0 Å². The molecule has 1 N–H and O–H groups in total. The molecule has 0 amide bonds. The zero-order valence-corrected chi connectivity index (χ0v) is 14.1. The normalized spacial score (nSPS) is 35.9. The van der Waals surface area contributed by atoms with Crippen LogP contribution in [0, 0.1) is 11.8 Å². The fourth-order valence-electron chi connectivity index (χ4n) is 4.34. The molecule has 2 aliphatic rings. The molecular formula is C17H35N3. The van der Waals surface area contributed by atoms with Crippen molar-refractivity contribution in [2.24, 2.45) is 11.8 Å². The van der Waals surface area contributed by atoms with Crippen LogP contribution in [0.1, 0.15) is 45.4 Å². The Kier molecular flexibility index (Phi) is 6.31. The van der Waals surface area contributed by atoms with Gasteiger partial charge in [0, 0.05) is 25.2 Å². The van der Waals surface area contributed by atoms with E-state index in [4.69, 9.17) is 0 Å². The highest BCUT2D eigenvalue weighted by molar-refractivity contribution is 4.89. The minimum Gasteiger partial charge on any atom is -0.317 e. The lowest BCUT2D eigenvalue weighted by atomic mass is 9.76. The average molecular weight is 281 g/mol. The molecule has 0 spiro atoms. The molecule has 0 aromatic rings. The molecule has 4 atom stereocenters. The Morgan fingerprint density at radius 1 is 1.20 bits per heavy atom. The van der Waals surface area contributed by atoms with Crippen molar-refractivity contribution in [1.82, 2.24) is 15.1 Å². The number of rotatable bonds is 6. The Bertz CT molecular complexity index is 279. The van der Waals surface area contributed by atoms with E-state index in [1.165, 1.54) is 58.2 Å². The van der Waals surface area contributed by atoms with Gasteiger partial charge in [-0.15, -0.1) is 0 Å². The molecule has 4 unspecified atom stereocenters. The quantitative estimate of drug-likeness (QED) is 0.807. The maximum absolute atomic E-state index is 3.59. The van der Waals surface area contributed by atoms with Crippen LogP contribution in [-0.4, -0.2) is 62.7 Å². The first kappa shape index (κ1) is 16.3.